The van der Waals surface area contributed by atoms with Crippen LogP contribution in [0.1, 0.15) is 10.4 Å². The lowest BCUT2D eigenvalue weighted by atomic mass is 10.1. The number of carbonyl (C=O) groups is 1. The van der Waals surface area contributed by atoms with Gasteiger partial charge < -0.3 is 9.47 Å². The van der Waals surface area contributed by atoms with Gasteiger partial charge in [-0.3, -0.25) is 9.48 Å². The van der Waals surface area contributed by atoms with Crippen LogP contribution in [0.25, 0.3) is 11.3 Å². The summed E-state index contributed by atoms with van der Waals surface area (Å²) in [6.07, 6.45) is 0.774. The van der Waals surface area contributed by atoms with Crippen molar-refractivity contribution in [3.8, 4) is 22.8 Å². The number of carbonyl (C=O) groups excluding carboxylic acids is 1. The third-order valence-corrected chi connectivity index (χ3v) is 3.73. The van der Waals surface area contributed by atoms with Crippen molar-refractivity contribution in [3.63, 3.8) is 0 Å². The van der Waals surface area contributed by atoms with Gasteiger partial charge in [0.2, 0.25) is 0 Å². The van der Waals surface area contributed by atoms with E-state index in [-0.39, 0.29) is 0 Å². The summed E-state index contributed by atoms with van der Waals surface area (Å²) in [6, 6.07) is 5.38. The first-order chi connectivity index (χ1) is 9.12. The molecule has 0 unspecified atom stereocenters. The number of hydrogen-bond acceptors (Lipinski definition) is 4. The van der Waals surface area contributed by atoms with Crippen LogP contribution < -0.4 is 9.47 Å². The summed E-state index contributed by atoms with van der Waals surface area (Å²) in [6.45, 7) is 0. The number of rotatable bonds is 4. The fourth-order valence-electron chi connectivity index (χ4n) is 1.82. The van der Waals surface area contributed by atoms with Gasteiger partial charge in [0.25, 0.3) is 0 Å². The minimum absolute atomic E-state index is 0.492. The standard InChI is InChI=1S/C13H13BrN2O3/c1-16-13(14)10(7-17)12(15-16)9-5-4-8(18-2)6-11(9)19-3/h4-7H,1-3H3. The molecular formula is C13H13BrN2O3. The molecule has 0 aliphatic heterocycles. The van der Waals surface area contributed by atoms with E-state index in [1.807, 2.05) is 6.07 Å². The van der Waals surface area contributed by atoms with Gasteiger partial charge in [-0.15, -0.1) is 0 Å². The predicted octanol–water partition coefficient (Wildman–Crippen LogP) is 2.68. The predicted molar refractivity (Wildman–Crippen MR) is 74.8 cm³/mol. The molecule has 1 heterocycles. The smallest absolute Gasteiger partial charge is 0.155 e. The highest BCUT2D eigenvalue weighted by atomic mass is 79.9. The molecule has 0 saturated heterocycles. The number of ether oxygens (including phenoxy) is 2. The Morgan fingerprint density at radius 1 is 1.32 bits per heavy atom. The molecule has 5 nitrogen and oxygen atoms in total. The molecule has 100 valence electrons. The zero-order valence-electron chi connectivity index (χ0n) is 10.8. The molecule has 0 N–H and O–H groups in total. The molecule has 0 fully saturated rings. The molecular weight excluding hydrogens is 312 g/mol. The molecule has 0 aliphatic rings. The minimum Gasteiger partial charge on any atom is -0.497 e. The molecule has 0 radical (unpaired) electrons. The van der Waals surface area contributed by atoms with Crippen LogP contribution in [0, 0.1) is 0 Å². The van der Waals surface area contributed by atoms with Crippen LogP contribution in [0.4, 0.5) is 0 Å². The van der Waals surface area contributed by atoms with Gasteiger partial charge in [-0.1, -0.05) is 0 Å². The number of nitrogens with zero attached hydrogens (tertiary/aromatic N) is 2. The summed E-state index contributed by atoms with van der Waals surface area (Å²) in [5.74, 6) is 1.29. The second-order valence-electron chi connectivity index (χ2n) is 3.86. The van der Waals surface area contributed by atoms with Crippen molar-refractivity contribution in [2.75, 3.05) is 14.2 Å². The maximum absolute atomic E-state index is 11.2. The zero-order chi connectivity index (χ0) is 14.0. The highest BCUT2D eigenvalue weighted by molar-refractivity contribution is 9.10. The van der Waals surface area contributed by atoms with Gasteiger partial charge in [0.05, 0.1) is 19.8 Å². The summed E-state index contributed by atoms with van der Waals surface area (Å²) < 4.78 is 12.7. The van der Waals surface area contributed by atoms with Crippen LogP contribution in [0.5, 0.6) is 11.5 Å². The second kappa shape index (κ2) is 5.44. The van der Waals surface area contributed by atoms with Gasteiger partial charge in [-0.05, 0) is 28.1 Å². The molecule has 1 aromatic heterocycles. The van der Waals surface area contributed by atoms with Gasteiger partial charge in [-0.25, -0.2) is 0 Å². The van der Waals surface area contributed by atoms with Crippen LogP contribution in [-0.2, 0) is 7.05 Å². The molecule has 19 heavy (non-hydrogen) atoms. The lowest BCUT2D eigenvalue weighted by Gasteiger charge is -2.08. The van der Waals surface area contributed by atoms with E-state index in [0.29, 0.717) is 27.4 Å². The Labute approximate surface area is 119 Å². The Kier molecular flexibility index (Phi) is 3.90. The average molecular weight is 325 g/mol. The summed E-state index contributed by atoms with van der Waals surface area (Å²) >= 11 is 3.34. The molecule has 0 atom stereocenters. The third kappa shape index (κ3) is 2.35. The number of hydrogen-bond donors (Lipinski definition) is 0. The zero-order valence-corrected chi connectivity index (χ0v) is 12.4. The van der Waals surface area contributed by atoms with Gasteiger partial charge in [-0.2, -0.15) is 5.10 Å². The topological polar surface area (TPSA) is 53.4 Å². The lowest BCUT2D eigenvalue weighted by Crippen LogP contribution is -1.93. The molecule has 0 spiro atoms. The summed E-state index contributed by atoms with van der Waals surface area (Å²) in [5.41, 5.74) is 1.81. The maximum atomic E-state index is 11.2. The summed E-state index contributed by atoms with van der Waals surface area (Å²) in [4.78, 5) is 11.2. The Morgan fingerprint density at radius 2 is 2.05 bits per heavy atom. The first kappa shape index (κ1) is 13.6. The first-order valence-electron chi connectivity index (χ1n) is 5.52. The Bertz CT molecular complexity index is 623. The number of benzene rings is 1. The summed E-state index contributed by atoms with van der Waals surface area (Å²) in [7, 11) is 4.91. The van der Waals surface area contributed by atoms with E-state index in [1.165, 1.54) is 0 Å². The summed E-state index contributed by atoms with van der Waals surface area (Å²) in [5, 5.41) is 4.33. The van der Waals surface area contributed by atoms with Crippen LogP contribution in [0.2, 0.25) is 0 Å². The molecule has 1 aromatic carbocycles. The average Bonchev–Trinajstić information content (AvgIpc) is 2.73. The van der Waals surface area contributed by atoms with Gasteiger partial charge in [0.1, 0.15) is 21.8 Å². The molecule has 2 rings (SSSR count). The largest absolute Gasteiger partial charge is 0.497 e. The number of aromatic nitrogens is 2. The van der Waals surface area contributed by atoms with Crippen molar-refractivity contribution >= 4 is 22.2 Å². The molecule has 0 bridgehead atoms. The van der Waals surface area contributed by atoms with E-state index in [1.54, 1.807) is 38.1 Å². The van der Waals surface area contributed by atoms with E-state index in [0.717, 1.165) is 11.8 Å². The number of methoxy groups -OCH3 is 2. The Hall–Kier alpha value is -1.82. The molecule has 0 saturated carbocycles. The van der Waals surface area contributed by atoms with E-state index < -0.39 is 0 Å². The Morgan fingerprint density at radius 3 is 2.63 bits per heavy atom. The normalized spacial score (nSPS) is 10.3. The van der Waals surface area contributed by atoms with Crippen LogP contribution >= 0.6 is 15.9 Å². The SMILES string of the molecule is COc1ccc(-c2nn(C)c(Br)c2C=O)c(OC)c1. The van der Waals surface area contributed by atoms with Crippen molar-refractivity contribution < 1.29 is 14.3 Å². The van der Waals surface area contributed by atoms with E-state index in [4.69, 9.17) is 9.47 Å². The van der Waals surface area contributed by atoms with Crippen molar-refractivity contribution in [2.24, 2.45) is 7.05 Å². The fourth-order valence-corrected chi connectivity index (χ4v) is 2.18. The molecule has 6 heteroatoms. The van der Waals surface area contributed by atoms with Crippen molar-refractivity contribution in [1.82, 2.24) is 9.78 Å². The molecule has 0 amide bonds. The van der Waals surface area contributed by atoms with Gasteiger partial charge in [0, 0.05) is 18.7 Å². The van der Waals surface area contributed by atoms with E-state index in [9.17, 15) is 4.79 Å². The van der Waals surface area contributed by atoms with Crippen molar-refractivity contribution in [1.29, 1.82) is 0 Å². The number of aldehydes is 1. The van der Waals surface area contributed by atoms with Crippen molar-refractivity contribution in [3.05, 3.63) is 28.4 Å². The van der Waals surface area contributed by atoms with Crippen LogP contribution in [0.3, 0.4) is 0 Å². The fraction of sp³-hybridized carbons (Fsp3) is 0.231. The highest BCUT2D eigenvalue weighted by Crippen LogP contribution is 2.35. The van der Waals surface area contributed by atoms with Gasteiger partial charge >= 0.3 is 0 Å². The number of halogens is 1. The monoisotopic (exact) mass is 324 g/mol. The molecule has 2 aromatic rings. The van der Waals surface area contributed by atoms with E-state index >= 15 is 0 Å². The third-order valence-electron chi connectivity index (χ3n) is 2.79. The lowest BCUT2D eigenvalue weighted by molar-refractivity contribution is 0.112. The van der Waals surface area contributed by atoms with Gasteiger partial charge in [0.15, 0.2) is 6.29 Å². The quantitative estimate of drug-likeness (QED) is 0.811. The van der Waals surface area contributed by atoms with Crippen LogP contribution in [0.15, 0.2) is 22.8 Å². The maximum Gasteiger partial charge on any atom is 0.155 e. The van der Waals surface area contributed by atoms with E-state index in [2.05, 4.69) is 21.0 Å². The highest BCUT2D eigenvalue weighted by Gasteiger charge is 2.18. The van der Waals surface area contributed by atoms with Crippen LogP contribution in [-0.4, -0.2) is 30.3 Å². The Balaban J connectivity index is 2.64. The van der Waals surface area contributed by atoms with Crippen molar-refractivity contribution in [2.45, 2.75) is 0 Å². The molecule has 0 aliphatic carbocycles. The number of aryl methyl sites for hydroxylation is 1. The second-order valence-corrected chi connectivity index (χ2v) is 4.61. The first-order valence-corrected chi connectivity index (χ1v) is 6.31. The minimum atomic E-state index is 0.492.